The predicted molar refractivity (Wildman–Crippen MR) is 123 cm³/mol. The highest BCUT2D eigenvalue weighted by Gasteiger charge is 2.25. The van der Waals surface area contributed by atoms with Crippen molar-refractivity contribution in [1.29, 1.82) is 5.26 Å². The zero-order valence-electron chi connectivity index (χ0n) is 17.5. The summed E-state index contributed by atoms with van der Waals surface area (Å²) in [5, 5.41) is 22.7. The van der Waals surface area contributed by atoms with Gasteiger partial charge in [-0.3, -0.25) is 14.2 Å². The quantitative estimate of drug-likeness (QED) is 0.508. The molecule has 3 heterocycles. The lowest BCUT2D eigenvalue weighted by atomic mass is 10.1. The summed E-state index contributed by atoms with van der Waals surface area (Å²) in [6.07, 6.45) is 1.77. The molecule has 0 radical (unpaired) electrons. The van der Waals surface area contributed by atoms with E-state index >= 15 is 0 Å². The highest BCUT2D eigenvalue weighted by Crippen LogP contribution is 2.26. The van der Waals surface area contributed by atoms with Crippen molar-refractivity contribution in [2.45, 2.75) is 25.4 Å². The topological polar surface area (TPSA) is 137 Å². The Hall–Kier alpha value is -3.26. The molecule has 3 aromatic rings. The highest BCUT2D eigenvalue weighted by atomic mass is 32.1. The lowest BCUT2D eigenvalue weighted by Crippen LogP contribution is -2.45. The van der Waals surface area contributed by atoms with Crippen LogP contribution in [-0.4, -0.2) is 52.8 Å². The fraction of sp³-hybridized carbons (Fsp3) is 0.364. The number of nitriles is 1. The maximum atomic E-state index is 13.5. The van der Waals surface area contributed by atoms with Crippen LogP contribution in [0.2, 0.25) is 0 Å². The Bertz CT molecular complexity index is 1240. The third-order valence-electron chi connectivity index (χ3n) is 5.51. The van der Waals surface area contributed by atoms with Gasteiger partial charge in [0.15, 0.2) is 0 Å². The van der Waals surface area contributed by atoms with Gasteiger partial charge in [-0.25, -0.2) is 4.98 Å². The van der Waals surface area contributed by atoms with Gasteiger partial charge < -0.3 is 21.1 Å². The molecule has 1 saturated heterocycles. The summed E-state index contributed by atoms with van der Waals surface area (Å²) in [6, 6.07) is 9.30. The van der Waals surface area contributed by atoms with Crippen LogP contribution in [0.5, 0.6) is 0 Å². The Morgan fingerprint density at radius 2 is 2.22 bits per heavy atom. The summed E-state index contributed by atoms with van der Waals surface area (Å²) in [5.74, 6) is 0.0612. The molecule has 2 aromatic heterocycles. The molecule has 1 amide bonds. The smallest absolute Gasteiger partial charge is 0.273 e. The molecule has 0 bridgehead atoms. The number of fused-ring (bicyclic) bond motifs is 1. The summed E-state index contributed by atoms with van der Waals surface area (Å²) >= 11 is 1.17. The number of aliphatic hydroxyl groups excluding tert-OH is 1. The number of nitrogens with two attached hydrogens (primary N) is 1. The molecule has 32 heavy (non-hydrogen) atoms. The summed E-state index contributed by atoms with van der Waals surface area (Å²) in [5.41, 5.74) is 7.79. The van der Waals surface area contributed by atoms with Gasteiger partial charge in [0.2, 0.25) is 5.95 Å². The van der Waals surface area contributed by atoms with E-state index in [2.05, 4.69) is 11.4 Å². The predicted octanol–water partition coefficient (Wildman–Crippen LogP) is 1.03. The van der Waals surface area contributed by atoms with Gasteiger partial charge in [-0.1, -0.05) is 18.2 Å². The van der Waals surface area contributed by atoms with Gasteiger partial charge >= 0.3 is 0 Å². The van der Waals surface area contributed by atoms with Gasteiger partial charge in [-0.05, 0) is 24.5 Å². The number of aliphatic hydroxyl groups is 1. The van der Waals surface area contributed by atoms with Crippen LogP contribution in [0.25, 0.3) is 10.2 Å². The van der Waals surface area contributed by atoms with Crippen molar-refractivity contribution in [2.24, 2.45) is 5.73 Å². The minimum absolute atomic E-state index is 0.0361. The fourth-order valence-corrected chi connectivity index (χ4v) is 4.86. The second kappa shape index (κ2) is 9.48. The molecule has 0 aliphatic carbocycles. The molecule has 0 saturated carbocycles. The normalized spacial score (nSPS) is 16.2. The van der Waals surface area contributed by atoms with Gasteiger partial charge in [-0.2, -0.15) is 5.26 Å². The molecule has 1 fully saturated rings. The summed E-state index contributed by atoms with van der Waals surface area (Å²) in [4.78, 5) is 32.9. The molecule has 9 nitrogen and oxygen atoms in total. The third kappa shape index (κ3) is 4.23. The first-order valence-corrected chi connectivity index (χ1v) is 11.3. The van der Waals surface area contributed by atoms with E-state index in [9.17, 15) is 14.9 Å². The van der Waals surface area contributed by atoms with E-state index in [1.54, 1.807) is 22.1 Å². The maximum Gasteiger partial charge on any atom is 0.273 e. The maximum absolute atomic E-state index is 13.5. The van der Waals surface area contributed by atoms with Crippen LogP contribution in [-0.2, 0) is 6.54 Å². The summed E-state index contributed by atoms with van der Waals surface area (Å²) in [7, 11) is 0. The number of nitrogens with zero attached hydrogens (tertiary/aromatic N) is 4. The van der Waals surface area contributed by atoms with Crippen LogP contribution in [0.4, 0.5) is 5.95 Å². The molecule has 0 unspecified atom stereocenters. The average Bonchev–Trinajstić information content (AvgIpc) is 3.24. The van der Waals surface area contributed by atoms with Crippen LogP contribution >= 0.6 is 11.3 Å². The van der Waals surface area contributed by atoms with Crippen molar-refractivity contribution >= 4 is 33.4 Å². The minimum Gasteiger partial charge on any atom is -0.395 e. The number of amides is 1. The van der Waals surface area contributed by atoms with E-state index < -0.39 is 0 Å². The summed E-state index contributed by atoms with van der Waals surface area (Å²) in [6.45, 7) is 1.38. The number of thiophene rings is 1. The Morgan fingerprint density at radius 1 is 1.41 bits per heavy atom. The molecule has 10 heteroatoms. The number of hydrogen-bond acceptors (Lipinski definition) is 8. The van der Waals surface area contributed by atoms with E-state index in [4.69, 9.17) is 15.8 Å². The van der Waals surface area contributed by atoms with E-state index in [1.807, 2.05) is 17.0 Å². The van der Waals surface area contributed by atoms with Crippen LogP contribution in [0.1, 0.15) is 34.3 Å². The van der Waals surface area contributed by atoms with Gasteiger partial charge in [0.25, 0.3) is 11.5 Å². The number of nitrogens with one attached hydrogen (secondary N) is 1. The largest absolute Gasteiger partial charge is 0.395 e. The first kappa shape index (κ1) is 22.0. The molecule has 4 N–H and O–H groups in total. The van der Waals surface area contributed by atoms with Gasteiger partial charge in [0, 0.05) is 31.1 Å². The molecule has 1 aliphatic heterocycles. The van der Waals surface area contributed by atoms with E-state index in [-0.39, 0.29) is 37.2 Å². The van der Waals surface area contributed by atoms with Crippen molar-refractivity contribution in [3.8, 4) is 6.07 Å². The standard InChI is InChI=1S/C22H24N6O3S/c23-10-14-4-1-2-5-15(14)11-28-21(31)19-18(17(13-32-19)20(30)25-7-9-29)26-22(28)27-8-3-6-16(24)12-27/h1-2,4-5,13,16,29H,3,6-9,11-12,24H2,(H,25,30)/t16-/m1/s1. The molecule has 1 aliphatic rings. The van der Waals surface area contributed by atoms with Gasteiger partial charge in [-0.15, -0.1) is 11.3 Å². The van der Waals surface area contributed by atoms with Crippen LogP contribution in [0, 0.1) is 11.3 Å². The zero-order chi connectivity index (χ0) is 22.7. The first-order valence-electron chi connectivity index (χ1n) is 10.4. The molecule has 0 spiro atoms. The SMILES string of the molecule is N#Cc1ccccc1Cn1c(N2CCC[C@@H](N)C2)nc2c(C(=O)NCCO)csc2c1=O. The monoisotopic (exact) mass is 452 g/mol. The molecule has 4 rings (SSSR count). The van der Waals surface area contributed by atoms with Crippen molar-refractivity contribution in [2.75, 3.05) is 31.1 Å². The van der Waals surface area contributed by atoms with Crippen molar-refractivity contribution in [1.82, 2.24) is 14.9 Å². The average molecular weight is 453 g/mol. The Morgan fingerprint density at radius 3 is 2.97 bits per heavy atom. The number of piperidine rings is 1. The number of anilines is 1. The lowest BCUT2D eigenvalue weighted by molar-refractivity contribution is 0.0946. The number of carbonyl (C=O) groups excluding carboxylic acids is 1. The Labute approximate surface area is 188 Å². The highest BCUT2D eigenvalue weighted by molar-refractivity contribution is 7.17. The lowest BCUT2D eigenvalue weighted by Gasteiger charge is -2.33. The van der Waals surface area contributed by atoms with Crippen LogP contribution in [0.3, 0.4) is 0 Å². The van der Waals surface area contributed by atoms with E-state index in [0.29, 0.717) is 40.4 Å². The van der Waals surface area contributed by atoms with Crippen molar-refractivity contribution in [3.05, 3.63) is 56.7 Å². The summed E-state index contributed by atoms with van der Waals surface area (Å²) < 4.78 is 1.95. The first-order chi connectivity index (χ1) is 15.5. The third-order valence-corrected chi connectivity index (χ3v) is 6.46. The molecular formula is C22H24N6O3S. The molecule has 1 aromatic carbocycles. The Balaban J connectivity index is 1.87. The van der Waals surface area contributed by atoms with E-state index in [1.165, 1.54) is 11.3 Å². The minimum atomic E-state index is -0.383. The van der Waals surface area contributed by atoms with Crippen molar-refractivity contribution < 1.29 is 9.90 Å². The van der Waals surface area contributed by atoms with Crippen molar-refractivity contribution in [3.63, 3.8) is 0 Å². The Kier molecular flexibility index (Phi) is 6.50. The molecular weight excluding hydrogens is 428 g/mol. The molecule has 1 atom stereocenters. The second-order valence-corrected chi connectivity index (χ2v) is 8.61. The molecule has 166 valence electrons. The zero-order valence-corrected chi connectivity index (χ0v) is 18.3. The number of carbonyl (C=O) groups is 1. The van der Waals surface area contributed by atoms with Gasteiger partial charge in [0.05, 0.1) is 30.3 Å². The van der Waals surface area contributed by atoms with E-state index in [0.717, 1.165) is 18.4 Å². The number of benzene rings is 1. The number of rotatable bonds is 6. The van der Waals surface area contributed by atoms with Crippen LogP contribution in [0.15, 0.2) is 34.4 Å². The number of aromatic nitrogens is 2. The second-order valence-electron chi connectivity index (χ2n) is 7.73. The fourth-order valence-electron chi connectivity index (χ4n) is 3.93. The van der Waals surface area contributed by atoms with Gasteiger partial charge in [0.1, 0.15) is 10.2 Å². The van der Waals surface area contributed by atoms with Crippen LogP contribution < -0.4 is 21.5 Å². The number of hydrogen-bond donors (Lipinski definition) is 3.